The third kappa shape index (κ3) is 0.440. The first-order chi connectivity index (χ1) is 2.89. The summed E-state index contributed by atoms with van der Waals surface area (Å²) in [6.07, 6.45) is 1.74. The second-order valence-electron chi connectivity index (χ2n) is 1.15. The predicted molar refractivity (Wildman–Crippen MR) is 21.1 cm³/mol. The average Bonchev–Trinajstić information content (AvgIpc) is 1.86. The van der Waals surface area contributed by atoms with Crippen LogP contribution < -0.4 is 11.0 Å². The highest BCUT2D eigenvalue weighted by Crippen LogP contribution is 1.86. The molecule has 0 radical (unpaired) electrons. The minimum Gasteiger partial charge on any atom is -0.248 e. The summed E-state index contributed by atoms with van der Waals surface area (Å²) in [5, 5.41) is 0. The number of allylic oxidation sites excluding steroid dienone is 1. The maximum Gasteiger partial charge on any atom is 0.0553 e. The second-order valence-corrected chi connectivity index (χ2v) is 1.15. The molecular formula is C3H6N2O. The zero-order valence-corrected chi connectivity index (χ0v) is 3.49. The zero-order chi connectivity index (χ0) is 4.41. The Hall–Kier alpha value is -0.700. The lowest BCUT2D eigenvalue weighted by Gasteiger charge is -1.87. The Kier molecular flexibility index (Phi) is 0.686. The highest BCUT2D eigenvalue weighted by atomic mass is 16.8. The van der Waals surface area contributed by atoms with Crippen molar-refractivity contribution in [1.82, 2.24) is 11.0 Å². The molecule has 0 spiro atoms. The number of hydroxylamine groups is 2. The predicted octanol–water partition coefficient (Wildman–Crippen LogP) is -0.113. The average molecular weight is 86.1 g/mol. The molecule has 0 aromatic heterocycles. The first-order valence-electron chi connectivity index (χ1n) is 1.74. The van der Waals surface area contributed by atoms with Gasteiger partial charge in [0.25, 0.3) is 0 Å². The van der Waals surface area contributed by atoms with Crippen molar-refractivity contribution in [2.75, 3.05) is 0 Å². The van der Waals surface area contributed by atoms with Gasteiger partial charge in [0.15, 0.2) is 0 Å². The number of hydrogen-bond donors (Lipinski definition) is 2. The standard InChI is InChI=1S/C3H6N2O/c1-3-2-4-6-5-3/h2,4-5H,1H3. The van der Waals surface area contributed by atoms with Crippen molar-refractivity contribution in [3.8, 4) is 0 Å². The van der Waals surface area contributed by atoms with E-state index in [9.17, 15) is 0 Å². The molecule has 0 aromatic rings. The van der Waals surface area contributed by atoms with Crippen molar-refractivity contribution in [1.29, 1.82) is 0 Å². The van der Waals surface area contributed by atoms with Crippen LogP contribution >= 0.6 is 0 Å². The van der Waals surface area contributed by atoms with Crippen LogP contribution in [0.25, 0.3) is 0 Å². The van der Waals surface area contributed by atoms with Crippen LogP contribution in [-0.4, -0.2) is 0 Å². The molecule has 0 atom stereocenters. The summed E-state index contributed by atoms with van der Waals surface area (Å²) < 4.78 is 0. The van der Waals surface area contributed by atoms with Crippen molar-refractivity contribution in [3.05, 3.63) is 11.9 Å². The fourth-order valence-corrected chi connectivity index (χ4v) is 0.257. The smallest absolute Gasteiger partial charge is 0.0553 e. The molecule has 0 saturated carbocycles. The van der Waals surface area contributed by atoms with Crippen molar-refractivity contribution < 1.29 is 4.94 Å². The number of hydrogen-bond acceptors (Lipinski definition) is 3. The van der Waals surface area contributed by atoms with Crippen molar-refractivity contribution in [3.63, 3.8) is 0 Å². The van der Waals surface area contributed by atoms with E-state index in [4.69, 9.17) is 0 Å². The Balaban J connectivity index is 2.45. The molecule has 1 rings (SSSR count). The normalized spacial score (nSPS) is 18.5. The van der Waals surface area contributed by atoms with Gasteiger partial charge in [0, 0.05) is 6.20 Å². The van der Waals surface area contributed by atoms with Crippen molar-refractivity contribution >= 4 is 0 Å². The zero-order valence-electron chi connectivity index (χ0n) is 3.49. The lowest BCUT2D eigenvalue weighted by molar-refractivity contribution is 0.0289. The maximum atomic E-state index is 4.46. The van der Waals surface area contributed by atoms with Gasteiger partial charge in [-0.05, 0) is 6.92 Å². The van der Waals surface area contributed by atoms with Gasteiger partial charge in [-0.1, -0.05) is 0 Å². The topological polar surface area (TPSA) is 33.3 Å². The molecule has 34 valence electrons. The molecule has 3 heteroatoms. The van der Waals surface area contributed by atoms with Crippen LogP contribution in [0.1, 0.15) is 6.92 Å². The summed E-state index contributed by atoms with van der Waals surface area (Å²) in [4.78, 5) is 4.46. The summed E-state index contributed by atoms with van der Waals surface area (Å²) in [6.45, 7) is 1.90. The van der Waals surface area contributed by atoms with Gasteiger partial charge in [0.05, 0.1) is 5.70 Å². The van der Waals surface area contributed by atoms with E-state index in [-0.39, 0.29) is 0 Å². The van der Waals surface area contributed by atoms with E-state index in [1.807, 2.05) is 6.92 Å². The van der Waals surface area contributed by atoms with Gasteiger partial charge in [-0.15, -0.1) is 0 Å². The lowest BCUT2D eigenvalue weighted by atomic mass is 10.6. The molecular weight excluding hydrogens is 80.0 g/mol. The molecule has 0 saturated heterocycles. The summed E-state index contributed by atoms with van der Waals surface area (Å²) >= 11 is 0. The largest absolute Gasteiger partial charge is 0.248 e. The van der Waals surface area contributed by atoms with Crippen molar-refractivity contribution in [2.45, 2.75) is 6.92 Å². The molecule has 3 nitrogen and oxygen atoms in total. The third-order valence-electron chi connectivity index (χ3n) is 0.546. The van der Waals surface area contributed by atoms with E-state index < -0.39 is 0 Å². The van der Waals surface area contributed by atoms with E-state index in [0.717, 1.165) is 5.70 Å². The highest BCUT2D eigenvalue weighted by molar-refractivity contribution is 4.91. The Morgan fingerprint density at radius 2 is 2.67 bits per heavy atom. The van der Waals surface area contributed by atoms with Crippen LogP contribution in [0.5, 0.6) is 0 Å². The van der Waals surface area contributed by atoms with Gasteiger partial charge in [-0.2, -0.15) is 4.94 Å². The SMILES string of the molecule is CC1=CNON1. The van der Waals surface area contributed by atoms with Crippen LogP contribution in [0, 0.1) is 0 Å². The fourth-order valence-electron chi connectivity index (χ4n) is 0.257. The van der Waals surface area contributed by atoms with Crippen LogP contribution in [0.3, 0.4) is 0 Å². The van der Waals surface area contributed by atoms with Gasteiger partial charge in [0.2, 0.25) is 0 Å². The molecule has 2 N–H and O–H groups in total. The summed E-state index contributed by atoms with van der Waals surface area (Å²) in [5.41, 5.74) is 6.06. The maximum absolute atomic E-state index is 4.46. The molecule has 1 heterocycles. The second kappa shape index (κ2) is 1.18. The monoisotopic (exact) mass is 86.0 g/mol. The molecule has 1 aliphatic rings. The Morgan fingerprint density at radius 1 is 1.83 bits per heavy atom. The summed E-state index contributed by atoms with van der Waals surface area (Å²) in [7, 11) is 0. The van der Waals surface area contributed by atoms with Crippen molar-refractivity contribution in [2.24, 2.45) is 0 Å². The molecule has 0 aromatic carbocycles. The molecule has 0 aliphatic carbocycles. The summed E-state index contributed by atoms with van der Waals surface area (Å²) in [5.74, 6) is 0. The van der Waals surface area contributed by atoms with Gasteiger partial charge >= 0.3 is 0 Å². The van der Waals surface area contributed by atoms with E-state index in [1.165, 1.54) is 0 Å². The molecule has 6 heavy (non-hydrogen) atoms. The Labute approximate surface area is 35.9 Å². The van der Waals surface area contributed by atoms with E-state index in [0.29, 0.717) is 0 Å². The van der Waals surface area contributed by atoms with Crippen LogP contribution in [0.4, 0.5) is 0 Å². The van der Waals surface area contributed by atoms with Gasteiger partial charge < -0.3 is 0 Å². The first kappa shape index (κ1) is 3.49. The van der Waals surface area contributed by atoms with E-state index >= 15 is 0 Å². The van der Waals surface area contributed by atoms with Gasteiger partial charge in [-0.25, -0.2) is 11.0 Å². The van der Waals surface area contributed by atoms with Crippen LogP contribution in [0.15, 0.2) is 11.9 Å². The summed E-state index contributed by atoms with van der Waals surface area (Å²) in [6, 6.07) is 0. The minimum atomic E-state index is 0.995. The molecule has 1 aliphatic heterocycles. The quantitative estimate of drug-likeness (QED) is 0.431. The first-order valence-corrected chi connectivity index (χ1v) is 1.74. The minimum absolute atomic E-state index is 0.995. The van der Waals surface area contributed by atoms with Gasteiger partial charge in [-0.3, -0.25) is 0 Å². The Bertz CT molecular complexity index is 78.9. The van der Waals surface area contributed by atoms with Gasteiger partial charge in [0.1, 0.15) is 0 Å². The molecule has 0 bridgehead atoms. The fraction of sp³-hybridized carbons (Fsp3) is 0.333. The molecule has 0 unspecified atom stereocenters. The highest BCUT2D eigenvalue weighted by Gasteiger charge is 1.91. The van der Waals surface area contributed by atoms with E-state index in [2.05, 4.69) is 15.9 Å². The van der Waals surface area contributed by atoms with Crippen LogP contribution in [-0.2, 0) is 4.94 Å². The Morgan fingerprint density at radius 3 is 2.83 bits per heavy atom. The number of nitrogens with one attached hydrogen (secondary N) is 2. The molecule has 0 amide bonds. The molecule has 0 fully saturated rings. The van der Waals surface area contributed by atoms with Crippen LogP contribution in [0.2, 0.25) is 0 Å². The van der Waals surface area contributed by atoms with E-state index in [1.54, 1.807) is 6.20 Å². The lowest BCUT2D eigenvalue weighted by Crippen LogP contribution is -2.08. The number of rotatable bonds is 0. The third-order valence-corrected chi connectivity index (χ3v) is 0.546.